The first-order valence-corrected chi connectivity index (χ1v) is 9.30. The van der Waals surface area contributed by atoms with Crippen LogP contribution >= 0.6 is 0 Å². The van der Waals surface area contributed by atoms with Crippen molar-refractivity contribution in [2.75, 3.05) is 11.9 Å². The number of ether oxygens (including phenoxy) is 2. The van der Waals surface area contributed by atoms with Crippen molar-refractivity contribution in [1.82, 2.24) is 5.32 Å². The van der Waals surface area contributed by atoms with Crippen molar-refractivity contribution in [2.24, 2.45) is 0 Å². The first-order chi connectivity index (χ1) is 13.2. The van der Waals surface area contributed by atoms with Gasteiger partial charge in [0, 0.05) is 6.54 Å². The maximum atomic E-state index is 14.2. The number of hydrogen-bond donors (Lipinski definition) is 4. The van der Waals surface area contributed by atoms with E-state index in [2.05, 4.69) is 10.6 Å². The van der Waals surface area contributed by atoms with Crippen LogP contribution in [0.3, 0.4) is 0 Å². The monoisotopic (exact) mass is 414 g/mol. The first-order valence-electron chi connectivity index (χ1n) is 9.30. The maximum absolute atomic E-state index is 14.2. The van der Waals surface area contributed by atoms with Gasteiger partial charge in [0.05, 0.1) is 11.8 Å². The number of anilines is 1. The second-order valence-corrected chi connectivity index (χ2v) is 8.60. The van der Waals surface area contributed by atoms with Gasteiger partial charge in [-0.25, -0.2) is 14.0 Å². The van der Waals surface area contributed by atoms with Crippen molar-refractivity contribution in [3.8, 4) is 0 Å². The molecule has 0 spiro atoms. The fourth-order valence-corrected chi connectivity index (χ4v) is 2.25. The van der Waals surface area contributed by atoms with E-state index in [1.807, 2.05) is 0 Å². The summed E-state index contributed by atoms with van der Waals surface area (Å²) in [7, 11) is 0. The summed E-state index contributed by atoms with van der Waals surface area (Å²) in [5.41, 5.74) is -1.36. The van der Waals surface area contributed by atoms with E-state index in [1.54, 1.807) is 41.5 Å². The molecule has 2 unspecified atom stereocenters. The number of rotatable bonds is 6. The molecule has 0 aliphatic carbocycles. The molecule has 0 aliphatic rings. The Balaban J connectivity index is 2.61. The normalized spacial score (nSPS) is 14.0. The van der Waals surface area contributed by atoms with Gasteiger partial charge in [0.25, 0.3) is 0 Å². The first kappa shape index (κ1) is 24.6. The number of halogens is 1. The van der Waals surface area contributed by atoms with E-state index >= 15 is 0 Å². The minimum absolute atomic E-state index is 0.0277. The van der Waals surface area contributed by atoms with Gasteiger partial charge in [0.2, 0.25) is 0 Å². The van der Waals surface area contributed by atoms with Crippen LogP contribution in [0.5, 0.6) is 0 Å². The highest BCUT2D eigenvalue weighted by atomic mass is 19.1. The molecule has 2 amide bonds. The highest BCUT2D eigenvalue weighted by molar-refractivity contribution is 5.85. The molecular formula is C20H31FN2O6. The smallest absolute Gasteiger partial charge is 0.412 e. The molecule has 9 heteroatoms. The number of carbonyl (C=O) groups excluding carboxylic acids is 2. The minimum atomic E-state index is -1.37. The summed E-state index contributed by atoms with van der Waals surface area (Å²) in [4.78, 5) is 23.3. The maximum Gasteiger partial charge on any atom is 0.412 e. The van der Waals surface area contributed by atoms with Crippen LogP contribution in [0.25, 0.3) is 0 Å². The molecule has 1 aromatic rings. The van der Waals surface area contributed by atoms with Crippen LogP contribution in [0, 0.1) is 5.82 Å². The highest BCUT2D eigenvalue weighted by Crippen LogP contribution is 2.24. The molecule has 0 fully saturated rings. The van der Waals surface area contributed by atoms with Crippen LogP contribution < -0.4 is 10.6 Å². The van der Waals surface area contributed by atoms with Crippen LogP contribution in [0.4, 0.5) is 19.7 Å². The summed E-state index contributed by atoms with van der Waals surface area (Å²) in [5.74, 6) is -0.786. The van der Waals surface area contributed by atoms with Crippen LogP contribution in [-0.2, 0) is 9.47 Å². The topological polar surface area (TPSA) is 117 Å². The van der Waals surface area contributed by atoms with Gasteiger partial charge in [-0.1, -0.05) is 6.07 Å². The predicted octanol–water partition coefficient (Wildman–Crippen LogP) is 3.48. The summed E-state index contributed by atoms with van der Waals surface area (Å²) in [6.45, 7) is 10.3. The average molecular weight is 414 g/mol. The second-order valence-electron chi connectivity index (χ2n) is 8.60. The second kappa shape index (κ2) is 9.89. The largest absolute Gasteiger partial charge is 0.444 e. The molecule has 0 bridgehead atoms. The molecule has 2 atom stereocenters. The van der Waals surface area contributed by atoms with E-state index in [0.717, 1.165) is 6.07 Å². The van der Waals surface area contributed by atoms with Crippen LogP contribution in [-0.4, -0.2) is 46.3 Å². The van der Waals surface area contributed by atoms with Crippen molar-refractivity contribution in [2.45, 2.75) is 71.4 Å². The molecule has 0 aliphatic heterocycles. The van der Waals surface area contributed by atoms with E-state index in [-0.39, 0.29) is 24.2 Å². The SMILES string of the molecule is CC(C)(C)OC(=O)NCCC(O)C(O)c1ccc(NC(=O)OC(C)(C)C)c(F)c1. The van der Waals surface area contributed by atoms with E-state index in [1.165, 1.54) is 12.1 Å². The average Bonchev–Trinajstić information content (AvgIpc) is 2.52. The van der Waals surface area contributed by atoms with Crippen molar-refractivity contribution < 1.29 is 33.7 Å². The Hall–Kier alpha value is -2.39. The predicted molar refractivity (Wildman–Crippen MR) is 106 cm³/mol. The molecule has 1 rings (SSSR count). The quantitative estimate of drug-likeness (QED) is 0.566. The zero-order valence-corrected chi connectivity index (χ0v) is 17.7. The Morgan fingerprint density at radius 1 is 1.03 bits per heavy atom. The summed E-state index contributed by atoms with van der Waals surface area (Å²) in [6, 6.07) is 3.66. The van der Waals surface area contributed by atoms with Gasteiger partial charge in [-0.15, -0.1) is 0 Å². The van der Waals surface area contributed by atoms with Gasteiger partial charge < -0.3 is 25.0 Å². The van der Waals surface area contributed by atoms with Crippen LogP contribution in [0.2, 0.25) is 0 Å². The van der Waals surface area contributed by atoms with Gasteiger partial charge in [0.15, 0.2) is 0 Å². The molecule has 164 valence electrons. The standard InChI is InChI=1S/C20H31FN2O6/c1-19(2,3)28-17(26)22-10-9-15(24)16(25)12-7-8-14(13(21)11-12)23-18(27)29-20(4,5)6/h7-8,11,15-16,24-25H,9-10H2,1-6H3,(H,22,26)(H,23,27). The van der Waals surface area contributed by atoms with Crippen molar-refractivity contribution >= 4 is 17.9 Å². The Labute approximate surface area is 170 Å². The molecule has 4 N–H and O–H groups in total. The number of nitrogens with one attached hydrogen (secondary N) is 2. The summed E-state index contributed by atoms with van der Waals surface area (Å²) in [6.07, 6.45) is -4.03. The molecule has 1 aromatic carbocycles. The van der Waals surface area contributed by atoms with Gasteiger partial charge in [-0.05, 0) is 65.7 Å². The lowest BCUT2D eigenvalue weighted by molar-refractivity contribution is 0.0121. The number of carbonyl (C=O) groups is 2. The van der Waals surface area contributed by atoms with Gasteiger partial charge >= 0.3 is 12.2 Å². The number of amides is 2. The van der Waals surface area contributed by atoms with E-state index in [9.17, 15) is 24.2 Å². The molecule has 0 aromatic heterocycles. The fourth-order valence-electron chi connectivity index (χ4n) is 2.25. The number of aliphatic hydroxyl groups is 2. The van der Waals surface area contributed by atoms with Gasteiger partial charge in [0.1, 0.15) is 23.1 Å². The molecule has 0 radical (unpaired) electrons. The third kappa shape index (κ3) is 9.58. The van der Waals surface area contributed by atoms with Crippen molar-refractivity contribution in [3.05, 3.63) is 29.6 Å². The fraction of sp³-hybridized carbons (Fsp3) is 0.600. The zero-order valence-electron chi connectivity index (χ0n) is 17.7. The Morgan fingerprint density at radius 2 is 1.59 bits per heavy atom. The van der Waals surface area contributed by atoms with E-state index < -0.39 is 41.4 Å². The molecule has 29 heavy (non-hydrogen) atoms. The molecule has 0 heterocycles. The van der Waals surface area contributed by atoms with E-state index in [0.29, 0.717) is 0 Å². The molecule has 0 saturated heterocycles. The third-order valence-corrected chi connectivity index (χ3v) is 3.44. The summed E-state index contributed by atoms with van der Waals surface area (Å²) >= 11 is 0. The Morgan fingerprint density at radius 3 is 2.10 bits per heavy atom. The lowest BCUT2D eigenvalue weighted by atomic mass is 10.0. The van der Waals surface area contributed by atoms with Crippen molar-refractivity contribution in [3.63, 3.8) is 0 Å². The van der Waals surface area contributed by atoms with Crippen molar-refractivity contribution in [1.29, 1.82) is 0 Å². The highest BCUT2D eigenvalue weighted by Gasteiger charge is 2.22. The van der Waals surface area contributed by atoms with Crippen LogP contribution in [0.15, 0.2) is 18.2 Å². The summed E-state index contributed by atoms with van der Waals surface area (Å²) < 4.78 is 24.4. The number of alkyl carbamates (subject to hydrolysis) is 1. The Kier molecular flexibility index (Phi) is 8.40. The lowest BCUT2D eigenvalue weighted by Crippen LogP contribution is -2.34. The zero-order chi connectivity index (χ0) is 22.4. The molecule has 8 nitrogen and oxygen atoms in total. The number of hydrogen-bond acceptors (Lipinski definition) is 6. The minimum Gasteiger partial charge on any atom is -0.444 e. The van der Waals surface area contributed by atoms with E-state index in [4.69, 9.17) is 9.47 Å². The Bertz CT molecular complexity index is 712. The number of benzene rings is 1. The summed E-state index contributed by atoms with van der Waals surface area (Å²) in [5, 5.41) is 25.1. The molecular weight excluding hydrogens is 383 g/mol. The van der Waals surface area contributed by atoms with Gasteiger partial charge in [-0.3, -0.25) is 5.32 Å². The van der Waals surface area contributed by atoms with Gasteiger partial charge in [-0.2, -0.15) is 0 Å². The van der Waals surface area contributed by atoms with Crippen LogP contribution in [0.1, 0.15) is 59.6 Å². The number of aliphatic hydroxyl groups excluding tert-OH is 2. The molecule has 0 saturated carbocycles. The third-order valence-electron chi connectivity index (χ3n) is 3.44. The lowest BCUT2D eigenvalue weighted by Gasteiger charge is -2.22.